The summed E-state index contributed by atoms with van der Waals surface area (Å²) in [4.78, 5) is 0. The molecule has 4 nitrogen and oxygen atoms in total. The van der Waals surface area contributed by atoms with Crippen LogP contribution in [0, 0.1) is 13.8 Å². The first-order valence-corrected chi connectivity index (χ1v) is 7.68. The first-order chi connectivity index (χ1) is 9.15. The molecule has 0 bridgehead atoms. The summed E-state index contributed by atoms with van der Waals surface area (Å²) in [6.07, 6.45) is 7.33. The van der Waals surface area contributed by atoms with E-state index < -0.39 is 0 Å². The fourth-order valence-corrected chi connectivity index (χ4v) is 3.10. The zero-order chi connectivity index (χ0) is 13.4. The maximum absolute atomic E-state index is 4.71. The minimum absolute atomic E-state index is 0.612. The fraction of sp³-hybridized carbons (Fsp3) is 0.571. The first kappa shape index (κ1) is 12.9. The van der Waals surface area contributed by atoms with Crippen LogP contribution in [0.1, 0.15) is 48.8 Å². The summed E-state index contributed by atoms with van der Waals surface area (Å²) in [5.74, 6) is 0. The normalized spacial score (nSPS) is 16.4. The minimum Gasteiger partial charge on any atom is -0.269 e. The van der Waals surface area contributed by atoms with E-state index in [0.717, 1.165) is 28.1 Å². The molecule has 2 heterocycles. The monoisotopic (exact) mass is 322 g/mol. The van der Waals surface area contributed by atoms with Gasteiger partial charge in [0.15, 0.2) is 0 Å². The van der Waals surface area contributed by atoms with Crippen molar-refractivity contribution in [3.05, 3.63) is 33.8 Å². The molecule has 0 aromatic carbocycles. The van der Waals surface area contributed by atoms with Crippen molar-refractivity contribution >= 4 is 15.9 Å². The molecule has 1 aliphatic rings. The van der Waals surface area contributed by atoms with Crippen molar-refractivity contribution in [2.45, 2.75) is 52.1 Å². The Morgan fingerprint density at radius 1 is 1.26 bits per heavy atom. The summed E-state index contributed by atoms with van der Waals surface area (Å²) >= 11 is 3.56. The Bertz CT molecular complexity index is 578. The molecule has 1 aliphatic carbocycles. The second-order valence-electron chi connectivity index (χ2n) is 5.37. The molecule has 19 heavy (non-hydrogen) atoms. The standard InChI is InChI=1S/C14H19BrN4/c1-10-14(15)11(2)19(16-10)9-12-7-8-18(17-12)13-5-3-4-6-13/h7-8,13H,3-6,9H2,1-2H3. The highest BCUT2D eigenvalue weighted by Gasteiger charge is 2.18. The van der Waals surface area contributed by atoms with Crippen LogP contribution >= 0.6 is 15.9 Å². The van der Waals surface area contributed by atoms with E-state index in [2.05, 4.69) is 44.9 Å². The van der Waals surface area contributed by atoms with Crippen LogP contribution in [0.4, 0.5) is 0 Å². The van der Waals surface area contributed by atoms with Gasteiger partial charge in [-0.15, -0.1) is 0 Å². The first-order valence-electron chi connectivity index (χ1n) is 6.88. The highest BCUT2D eigenvalue weighted by molar-refractivity contribution is 9.10. The van der Waals surface area contributed by atoms with E-state index in [9.17, 15) is 0 Å². The number of hydrogen-bond acceptors (Lipinski definition) is 2. The molecular weight excluding hydrogens is 304 g/mol. The maximum Gasteiger partial charge on any atom is 0.0853 e. The number of aryl methyl sites for hydroxylation is 1. The largest absolute Gasteiger partial charge is 0.269 e. The molecule has 0 amide bonds. The third kappa shape index (κ3) is 2.48. The van der Waals surface area contributed by atoms with E-state index in [1.54, 1.807) is 0 Å². The van der Waals surface area contributed by atoms with Crippen LogP contribution in [0.5, 0.6) is 0 Å². The third-order valence-corrected chi connectivity index (χ3v) is 5.11. The minimum atomic E-state index is 0.612. The van der Waals surface area contributed by atoms with Crippen LogP contribution in [0.15, 0.2) is 16.7 Å². The summed E-state index contributed by atoms with van der Waals surface area (Å²) in [6, 6.07) is 2.73. The molecule has 0 spiro atoms. The van der Waals surface area contributed by atoms with Crippen molar-refractivity contribution in [2.24, 2.45) is 0 Å². The zero-order valence-electron chi connectivity index (χ0n) is 11.4. The Labute approximate surface area is 121 Å². The average Bonchev–Trinajstić information content (AvgIpc) is 3.09. The summed E-state index contributed by atoms with van der Waals surface area (Å²) in [5, 5.41) is 9.24. The van der Waals surface area contributed by atoms with Gasteiger partial charge in [-0.2, -0.15) is 10.2 Å². The van der Waals surface area contributed by atoms with E-state index in [0.29, 0.717) is 6.04 Å². The summed E-state index contributed by atoms with van der Waals surface area (Å²) in [5.41, 5.74) is 3.28. The van der Waals surface area contributed by atoms with E-state index in [-0.39, 0.29) is 0 Å². The summed E-state index contributed by atoms with van der Waals surface area (Å²) < 4.78 is 5.26. The van der Waals surface area contributed by atoms with Crippen LogP contribution in [0.25, 0.3) is 0 Å². The highest BCUT2D eigenvalue weighted by Crippen LogP contribution is 2.28. The van der Waals surface area contributed by atoms with Gasteiger partial charge in [0.25, 0.3) is 0 Å². The Morgan fingerprint density at radius 2 is 2.00 bits per heavy atom. The van der Waals surface area contributed by atoms with Gasteiger partial charge < -0.3 is 0 Å². The quantitative estimate of drug-likeness (QED) is 0.865. The van der Waals surface area contributed by atoms with E-state index in [4.69, 9.17) is 5.10 Å². The van der Waals surface area contributed by atoms with E-state index in [1.807, 2.05) is 11.6 Å². The van der Waals surface area contributed by atoms with Gasteiger partial charge in [-0.1, -0.05) is 12.8 Å². The molecule has 3 rings (SSSR count). The van der Waals surface area contributed by atoms with Gasteiger partial charge in [0.05, 0.1) is 34.1 Å². The zero-order valence-corrected chi connectivity index (χ0v) is 13.0. The van der Waals surface area contributed by atoms with Crippen molar-refractivity contribution < 1.29 is 0 Å². The number of hydrogen-bond donors (Lipinski definition) is 0. The molecule has 1 fully saturated rings. The van der Waals surface area contributed by atoms with Gasteiger partial charge >= 0.3 is 0 Å². The predicted octanol–water partition coefficient (Wildman–Crippen LogP) is 3.62. The number of aromatic nitrogens is 4. The van der Waals surface area contributed by atoms with Crippen molar-refractivity contribution in [1.82, 2.24) is 19.6 Å². The van der Waals surface area contributed by atoms with Gasteiger partial charge in [0.2, 0.25) is 0 Å². The second-order valence-corrected chi connectivity index (χ2v) is 6.16. The Morgan fingerprint density at radius 3 is 2.63 bits per heavy atom. The molecule has 2 aromatic heterocycles. The van der Waals surface area contributed by atoms with Gasteiger partial charge in [0.1, 0.15) is 0 Å². The molecular formula is C14H19BrN4. The van der Waals surface area contributed by atoms with Gasteiger partial charge in [-0.25, -0.2) is 0 Å². The number of nitrogens with zero attached hydrogens (tertiary/aromatic N) is 4. The Balaban J connectivity index is 1.78. The second kappa shape index (κ2) is 5.12. The number of halogens is 1. The molecule has 0 unspecified atom stereocenters. The van der Waals surface area contributed by atoms with Crippen LogP contribution in [-0.4, -0.2) is 19.6 Å². The molecule has 0 saturated heterocycles. The van der Waals surface area contributed by atoms with Crippen LogP contribution < -0.4 is 0 Å². The van der Waals surface area contributed by atoms with Gasteiger partial charge in [-0.05, 0) is 48.7 Å². The summed E-state index contributed by atoms with van der Waals surface area (Å²) in [7, 11) is 0. The molecule has 1 saturated carbocycles. The van der Waals surface area contributed by atoms with Crippen molar-refractivity contribution in [3.8, 4) is 0 Å². The highest BCUT2D eigenvalue weighted by atomic mass is 79.9. The molecule has 0 atom stereocenters. The molecule has 0 radical (unpaired) electrons. The van der Waals surface area contributed by atoms with E-state index in [1.165, 1.54) is 25.7 Å². The molecule has 0 aliphatic heterocycles. The Hall–Kier alpha value is -1.10. The van der Waals surface area contributed by atoms with Crippen molar-refractivity contribution in [3.63, 3.8) is 0 Å². The van der Waals surface area contributed by atoms with Crippen molar-refractivity contribution in [1.29, 1.82) is 0 Å². The fourth-order valence-electron chi connectivity index (χ4n) is 2.82. The topological polar surface area (TPSA) is 35.6 Å². The summed E-state index contributed by atoms with van der Waals surface area (Å²) in [6.45, 7) is 4.85. The lowest BCUT2D eigenvalue weighted by molar-refractivity contribution is 0.460. The number of rotatable bonds is 3. The van der Waals surface area contributed by atoms with E-state index >= 15 is 0 Å². The average molecular weight is 323 g/mol. The van der Waals surface area contributed by atoms with Crippen LogP contribution in [0.3, 0.4) is 0 Å². The maximum atomic E-state index is 4.71. The van der Waals surface area contributed by atoms with Gasteiger partial charge in [-0.3, -0.25) is 9.36 Å². The molecule has 5 heteroatoms. The molecule has 102 valence electrons. The third-order valence-electron chi connectivity index (χ3n) is 3.97. The predicted molar refractivity (Wildman–Crippen MR) is 78.2 cm³/mol. The van der Waals surface area contributed by atoms with Crippen LogP contribution in [-0.2, 0) is 6.54 Å². The smallest absolute Gasteiger partial charge is 0.0853 e. The van der Waals surface area contributed by atoms with Gasteiger partial charge in [0, 0.05) is 6.20 Å². The van der Waals surface area contributed by atoms with Crippen LogP contribution in [0.2, 0.25) is 0 Å². The molecule has 2 aromatic rings. The Kier molecular flexibility index (Phi) is 3.48. The lowest BCUT2D eigenvalue weighted by Crippen LogP contribution is -2.08. The lowest BCUT2D eigenvalue weighted by atomic mass is 10.3. The SMILES string of the molecule is Cc1nn(Cc2ccn(C3CCCC3)n2)c(C)c1Br. The van der Waals surface area contributed by atoms with Crippen molar-refractivity contribution in [2.75, 3.05) is 0 Å². The molecule has 0 N–H and O–H groups in total. The lowest BCUT2D eigenvalue weighted by Gasteiger charge is -2.09.